The molecule has 2 amide bonds. The highest BCUT2D eigenvalue weighted by molar-refractivity contribution is 7.99. The molecular formula is C29H28N4O5S. The molecule has 0 atom stereocenters. The van der Waals surface area contributed by atoms with Gasteiger partial charge >= 0.3 is 0 Å². The molecule has 3 aromatic carbocycles. The van der Waals surface area contributed by atoms with Crippen molar-refractivity contribution in [2.75, 3.05) is 17.9 Å². The smallest absolute Gasteiger partial charge is 0.262 e. The number of benzene rings is 3. The first-order valence-electron chi connectivity index (χ1n) is 12.5. The summed E-state index contributed by atoms with van der Waals surface area (Å²) in [5, 5.41) is 6.57. The monoisotopic (exact) mass is 544 g/mol. The van der Waals surface area contributed by atoms with E-state index in [9.17, 15) is 14.4 Å². The molecule has 0 saturated carbocycles. The van der Waals surface area contributed by atoms with E-state index < -0.39 is 0 Å². The first kappa shape index (κ1) is 26.3. The van der Waals surface area contributed by atoms with Crippen LogP contribution < -0.4 is 25.7 Å². The van der Waals surface area contributed by atoms with Crippen LogP contribution in [0.3, 0.4) is 0 Å². The van der Waals surface area contributed by atoms with E-state index in [0.717, 1.165) is 16.8 Å². The highest BCUT2D eigenvalue weighted by atomic mass is 32.2. The molecule has 1 aliphatic heterocycles. The molecule has 0 spiro atoms. The molecular weight excluding hydrogens is 516 g/mol. The normalized spacial score (nSPS) is 12.1. The maximum atomic E-state index is 13.7. The number of carbonyl (C=O) groups is 2. The molecule has 2 N–H and O–H groups in total. The van der Waals surface area contributed by atoms with Crippen LogP contribution in [-0.4, -0.2) is 40.0 Å². The second kappa shape index (κ2) is 11.2. The lowest BCUT2D eigenvalue weighted by Crippen LogP contribution is -2.30. The molecule has 0 fully saturated rings. The van der Waals surface area contributed by atoms with Crippen LogP contribution in [0, 0.1) is 6.92 Å². The summed E-state index contributed by atoms with van der Waals surface area (Å²) in [6, 6.07) is 18.0. The second-order valence-corrected chi connectivity index (χ2v) is 10.4. The van der Waals surface area contributed by atoms with Gasteiger partial charge in [0.1, 0.15) is 0 Å². The first-order valence-corrected chi connectivity index (χ1v) is 13.5. The Hall–Kier alpha value is -4.31. The third-order valence-electron chi connectivity index (χ3n) is 6.14. The standard InChI is InChI=1S/C29H28N4O5S/c1-17(2)30-27(35)20-10-8-19(9-11-20)14-33-28(36)21-12-24-25(38-16-37-24)13-23(21)32-29(33)39-15-26(34)31-22-7-5-4-6-18(22)3/h4-13,17H,14-16H2,1-3H3,(H,30,35)(H,31,34). The van der Waals surface area contributed by atoms with Crippen LogP contribution >= 0.6 is 11.8 Å². The van der Waals surface area contributed by atoms with Crippen LogP contribution in [0.2, 0.25) is 0 Å². The van der Waals surface area contributed by atoms with Crippen molar-refractivity contribution >= 4 is 40.2 Å². The number of ether oxygens (including phenoxy) is 2. The molecule has 1 aromatic heterocycles. The zero-order valence-electron chi connectivity index (χ0n) is 21.8. The molecule has 10 heteroatoms. The third kappa shape index (κ3) is 5.91. The minimum atomic E-state index is -0.262. The number of thioether (sulfide) groups is 1. The van der Waals surface area contributed by atoms with E-state index in [0.29, 0.717) is 33.1 Å². The van der Waals surface area contributed by atoms with Crippen LogP contribution in [0.4, 0.5) is 5.69 Å². The van der Waals surface area contributed by atoms with E-state index in [4.69, 9.17) is 14.5 Å². The second-order valence-electron chi connectivity index (χ2n) is 9.49. The van der Waals surface area contributed by atoms with E-state index in [1.807, 2.05) is 57.2 Å². The van der Waals surface area contributed by atoms with Gasteiger partial charge in [0.05, 0.1) is 23.2 Å². The van der Waals surface area contributed by atoms with Gasteiger partial charge in [-0.15, -0.1) is 0 Å². The van der Waals surface area contributed by atoms with Crippen molar-refractivity contribution in [1.82, 2.24) is 14.9 Å². The molecule has 200 valence electrons. The van der Waals surface area contributed by atoms with Crippen molar-refractivity contribution in [1.29, 1.82) is 0 Å². The van der Waals surface area contributed by atoms with E-state index >= 15 is 0 Å². The predicted molar refractivity (Wildman–Crippen MR) is 151 cm³/mol. The van der Waals surface area contributed by atoms with E-state index in [-0.39, 0.29) is 42.5 Å². The number of nitrogens with one attached hydrogen (secondary N) is 2. The van der Waals surface area contributed by atoms with Crippen molar-refractivity contribution in [3.63, 3.8) is 0 Å². The Morgan fingerprint density at radius 3 is 2.49 bits per heavy atom. The first-order chi connectivity index (χ1) is 18.8. The summed E-state index contributed by atoms with van der Waals surface area (Å²) in [5.74, 6) is 0.710. The Labute approximate surface area is 229 Å². The molecule has 0 bridgehead atoms. The average Bonchev–Trinajstić information content (AvgIpc) is 3.37. The molecule has 1 aliphatic rings. The fourth-order valence-electron chi connectivity index (χ4n) is 4.16. The van der Waals surface area contributed by atoms with Gasteiger partial charge in [-0.05, 0) is 56.2 Å². The summed E-state index contributed by atoms with van der Waals surface area (Å²) in [6.07, 6.45) is 0. The van der Waals surface area contributed by atoms with E-state index in [1.165, 1.54) is 11.8 Å². The summed E-state index contributed by atoms with van der Waals surface area (Å²) < 4.78 is 12.5. The van der Waals surface area contributed by atoms with E-state index in [2.05, 4.69) is 10.6 Å². The largest absolute Gasteiger partial charge is 0.454 e. The maximum Gasteiger partial charge on any atom is 0.262 e. The zero-order chi connectivity index (χ0) is 27.5. The number of amides is 2. The summed E-state index contributed by atoms with van der Waals surface area (Å²) >= 11 is 1.18. The van der Waals surface area contributed by atoms with Crippen LogP contribution in [0.5, 0.6) is 11.5 Å². The highest BCUT2D eigenvalue weighted by Gasteiger charge is 2.20. The minimum Gasteiger partial charge on any atom is -0.454 e. The van der Waals surface area contributed by atoms with Gasteiger partial charge in [-0.25, -0.2) is 4.98 Å². The van der Waals surface area contributed by atoms with Gasteiger partial charge < -0.3 is 20.1 Å². The van der Waals surface area contributed by atoms with Crippen LogP contribution in [-0.2, 0) is 11.3 Å². The van der Waals surface area contributed by atoms with Gasteiger partial charge in [0, 0.05) is 23.4 Å². The number of hydrogen-bond acceptors (Lipinski definition) is 7. The van der Waals surface area contributed by atoms with Crippen molar-refractivity contribution in [3.05, 3.63) is 87.7 Å². The maximum absolute atomic E-state index is 13.7. The lowest BCUT2D eigenvalue weighted by molar-refractivity contribution is -0.113. The Morgan fingerprint density at radius 2 is 1.77 bits per heavy atom. The fraction of sp³-hybridized carbons (Fsp3) is 0.241. The van der Waals surface area contributed by atoms with Crippen molar-refractivity contribution in [3.8, 4) is 11.5 Å². The number of para-hydroxylation sites is 1. The fourth-order valence-corrected chi connectivity index (χ4v) is 4.96. The summed E-state index contributed by atoms with van der Waals surface area (Å²) in [4.78, 5) is 43.5. The predicted octanol–water partition coefficient (Wildman–Crippen LogP) is 4.35. The van der Waals surface area contributed by atoms with Crippen LogP contribution in [0.15, 0.2) is 70.6 Å². The van der Waals surface area contributed by atoms with Crippen LogP contribution in [0.1, 0.15) is 35.3 Å². The number of nitrogens with zero attached hydrogens (tertiary/aromatic N) is 2. The number of fused-ring (bicyclic) bond motifs is 2. The molecule has 2 heterocycles. The Balaban J connectivity index is 1.44. The molecule has 0 unspecified atom stereocenters. The number of aryl methyl sites for hydroxylation is 1. The number of aromatic nitrogens is 2. The molecule has 0 aliphatic carbocycles. The molecule has 5 rings (SSSR count). The lowest BCUT2D eigenvalue weighted by Gasteiger charge is -2.14. The number of hydrogen-bond donors (Lipinski definition) is 2. The molecule has 39 heavy (non-hydrogen) atoms. The SMILES string of the molecule is Cc1ccccc1NC(=O)CSc1nc2cc3c(cc2c(=O)n1Cc1ccc(C(=O)NC(C)C)cc1)OCO3. The highest BCUT2D eigenvalue weighted by Crippen LogP contribution is 2.35. The third-order valence-corrected chi connectivity index (χ3v) is 7.12. The molecule has 0 radical (unpaired) electrons. The van der Waals surface area contributed by atoms with Gasteiger partial charge in [0.15, 0.2) is 16.7 Å². The van der Waals surface area contributed by atoms with Crippen LogP contribution in [0.25, 0.3) is 10.9 Å². The van der Waals surface area contributed by atoms with Crippen molar-refractivity contribution in [2.24, 2.45) is 0 Å². The van der Waals surface area contributed by atoms with Crippen molar-refractivity contribution < 1.29 is 19.1 Å². The van der Waals surface area contributed by atoms with Gasteiger partial charge in [-0.1, -0.05) is 42.1 Å². The van der Waals surface area contributed by atoms with Gasteiger partial charge in [-0.2, -0.15) is 0 Å². The Kier molecular flexibility index (Phi) is 7.56. The average molecular weight is 545 g/mol. The Bertz CT molecular complexity index is 1620. The number of anilines is 1. The molecule has 9 nitrogen and oxygen atoms in total. The summed E-state index contributed by atoms with van der Waals surface area (Å²) in [6.45, 7) is 6.02. The van der Waals surface area contributed by atoms with Gasteiger partial charge in [0.25, 0.3) is 11.5 Å². The van der Waals surface area contributed by atoms with Crippen molar-refractivity contribution in [2.45, 2.75) is 38.5 Å². The van der Waals surface area contributed by atoms with Gasteiger partial charge in [-0.3, -0.25) is 19.0 Å². The number of rotatable bonds is 8. The lowest BCUT2D eigenvalue weighted by atomic mass is 10.1. The molecule has 4 aromatic rings. The summed E-state index contributed by atoms with van der Waals surface area (Å²) in [7, 11) is 0. The van der Waals surface area contributed by atoms with Gasteiger partial charge in [0.2, 0.25) is 12.7 Å². The van der Waals surface area contributed by atoms with E-state index in [1.54, 1.807) is 28.8 Å². The zero-order valence-corrected chi connectivity index (χ0v) is 22.6. The molecule has 0 saturated heterocycles. The minimum absolute atomic E-state index is 0.0258. The topological polar surface area (TPSA) is 112 Å². The summed E-state index contributed by atoms with van der Waals surface area (Å²) in [5.41, 5.74) is 3.24. The number of carbonyl (C=O) groups excluding carboxylic acids is 2. The Morgan fingerprint density at radius 1 is 1.05 bits per heavy atom. The quantitative estimate of drug-likeness (QED) is 0.251.